The van der Waals surface area contributed by atoms with Crippen molar-refractivity contribution in [1.29, 1.82) is 0 Å². The second-order valence-electron chi connectivity index (χ2n) is 8.79. The van der Waals surface area contributed by atoms with Crippen LogP contribution in [0.1, 0.15) is 48.5 Å². The molecule has 2 aliphatic heterocycles. The number of piperidine rings is 1. The molecule has 184 valence electrons. The van der Waals surface area contributed by atoms with Crippen molar-refractivity contribution in [2.45, 2.75) is 44.7 Å². The molecule has 0 radical (unpaired) electrons. The second-order valence-corrected chi connectivity index (χ2v) is 8.79. The Balaban J connectivity index is 0.00000180. The Labute approximate surface area is 219 Å². The minimum absolute atomic E-state index is 0. The summed E-state index contributed by atoms with van der Waals surface area (Å²) in [6.45, 7) is 1.90. The number of ether oxygens (including phenoxy) is 1. The van der Waals surface area contributed by atoms with E-state index in [-0.39, 0.29) is 41.8 Å². The van der Waals surface area contributed by atoms with Crippen molar-refractivity contribution in [2.24, 2.45) is 0 Å². The third kappa shape index (κ3) is 4.83. The van der Waals surface area contributed by atoms with Crippen LogP contribution >= 0.6 is 0 Å². The van der Waals surface area contributed by atoms with E-state index in [4.69, 9.17) is 4.74 Å². The first-order valence-electron chi connectivity index (χ1n) is 11.2. The molecule has 2 atom stereocenters. The first-order chi connectivity index (χ1) is 16.4. The summed E-state index contributed by atoms with van der Waals surface area (Å²) < 4.78 is 49.3. The van der Waals surface area contributed by atoms with Crippen molar-refractivity contribution in [1.82, 2.24) is 14.5 Å². The molecule has 0 saturated carbocycles. The quantitative estimate of drug-likeness (QED) is 0.319. The average Bonchev–Trinajstić information content (AvgIpc) is 3.46. The van der Waals surface area contributed by atoms with E-state index < -0.39 is 23.5 Å². The van der Waals surface area contributed by atoms with Crippen molar-refractivity contribution in [3.8, 4) is 11.4 Å². The number of fused-ring (bicyclic) bond motifs is 1. The molecule has 3 aromatic rings. The fraction of sp³-hybridized carbons (Fsp3) is 0.308. The Hall–Kier alpha value is -2.99. The Bertz CT molecular complexity index is 1310. The first-order valence-corrected chi connectivity index (χ1v) is 11.2. The Morgan fingerprint density at radius 2 is 1.86 bits per heavy atom. The van der Waals surface area contributed by atoms with Crippen LogP contribution in [0.2, 0.25) is 0 Å². The molecule has 0 aliphatic carbocycles. The Kier molecular flexibility index (Phi) is 8.39. The number of aromatic nitrogens is 2. The van der Waals surface area contributed by atoms with Crippen LogP contribution in [-0.2, 0) is 4.79 Å². The third-order valence-electron chi connectivity index (χ3n) is 6.72. The van der Waals surface area contributed by atoms with Gasteiger partial charge in [-0.3, -0.25) is 4.79 Å². The summed E-state index contributed by atoms with van der Waals surface area (Å²) in [4.78, 5) is 19.3. The van der Waals surface area contributed by atoms with E-state index in [0.29, 0.717) is 30.6 Å². The third-order valence-corrected chi connectivity index (χ3v) is 6.72. The number of rotatable bonds is 4. The van der Waals surface area contributed by atoms with Crippen molar-refractivity contribution < 1.29 is 47.0 Å². The number of carbonyl (C=O) groups excluding carboxylic acids is 1. The standard InChI is InChI=1S/C26H24F3N3O2.Li.H2O/c1-15-13-31(14-30-15)22-9-3-16(12-23(22)34-2)11-17-4-5-18-6-10-21(32(18)26(17)33)19-7-8-20(27)25(29)24(19)28;;/h3,7-9,11-14,18,21H,4-6,10H2,1-2H3;;1H2/q;+1;/p-1/t18-,21-;;/m0../s1. The van der Waals surface area contributed by atoms with Crippen molar-refractivity contribution >= 4 is 12.0 Å². The molecule has 10 heteroatoms. The number of amides is 1. The van der Waals surface area contributed by atoms with Crippen molar-refractivity contribution in [2.75, 3.05) is 7.11 Å². The van der Waals surface area contributed by atoms with Crippen LogP contribution in [0.5, 0.6) is 5.75 Å². The van der Waals surface area contributed by atoms with Crippen molar-refractivity contribution in [3.05, 3.63) is 82.7 Å². The predicted octanol–water partition coefficient (Wildman–Crippen LogP) is 2.34. The van der Waals surface area contributed by atoms with Gasteiger partial charge in [0.2, 0.25) is 0 Å². The molecule has 1 amide bonds. The zero-order valence-corrected chi connectivity index (χ0v) is 20.3. The maximum absolute atomic E-state index is 14.5. The molecule has 3 heterocycles. The van der Waals surface area contributed by atoms with E-state index in [1.54, 1.807) is 18.3 Å². The van der Waals surface area contributed by atoms with E-state index in [9.17, 15) is 18.0 Å². The van der Waals surface area contributed by atoms with Gasteiger partial charge in [-0.05, 0) is 62.4 Å². The first kappa shape index (κ1) is 27.6. The smallest absolute Gasteiger partial charge is 0.870 e. The molecule has 0 unspecified atom stereocenters. The van der Waals surface area contributed by atoms with Gasteiger partial charge >= 0.3 is 18.9 Å². The number of carbonyl (C=O) groups is 1. The summed E-state index contributed by atoms with van der Waals surface area (Å²) in [7, 11) is 1.58. The summed E-state index contributed by atoms with van der Waals surface area (Å²) in [6.07, 6.45) is 7.97. The molecule has 0 spiro atoms. The number of hydrogen-bond acceptors (Lipinski definition) is 4. The van der Waals surface area contributed by atoms with Crippen LogP contribution in [-0.4, -0.2) is 39.0 Å². The molecule has 1 aromatic heterocycles. The topological polar surface area (TPSA) is 77.4 Å². The molecule has 2 aliphatic rings. The number of benzene rings is 2. The minimum atomic E-state index is -1.50. The molecule has 36 heavy (non-hydrogen) atoms. The van der Waals surface area contributed by atoms with Gasteiger partial charge in [0.15, 0.2) is 17.5 Å². The summed E-state index contributed by atoms with van der Waals surface area (Å²) in [5.41, 5.74) is 3.13. The van der Waals surface area contributed by atoms with Crippen LogP contribution in [0.3, 0.4) is 0 Å². The molecule has 5 rings (SSSR count). The van der Waals surface area contributed by atoms with Gasteiger partial charge in [-0.15, -0.1) is 0 Å². The predicted molar refractivity (Wildman–Crippen MR) is 123 cm³/mol. The Morgan fingerprint density at radius 3 is 2.56 bits per heavy atom. The molecule has 2 fully saturated rings. The summed E-state index contributed by atoms with van der Waals surface area (Å²) in [6, 6.07) is 7.16. The van der Waals surface area contributed by atoms with Crippen molar-refractivity contribution in [3.63, 3.8) is 0 Å². The van der Waals surface area contributed by atoms with Crippen LogP contribution in [0.25, 0.3) is 11.8 Å². The summed E-state index contributed by atoms with van der Waals surface area (Å²) >= 11 is 0. The molecular formula is C26H25F3LiN3O3. The number of nitrogens with zero attached hydrogens (tertiary/aromatic N) is 3. The minimum Gasteiger partial charge on any atom is -0.870 e. The van der Waals surface area contributed by atoms with Gasteiger partial charge in [0.25, 0.3) is 5.91 Å². The van der Waals surface area contributed by atoms with Gasteiger partial charge in [-0.2, -0.15) is 0 Å². The molecular weight excluding hydrogens is 466 g/mol. The number of hydrogen-bond donors (Lipinski definition) is 0. The number of methoxy groups -OCH3 is 1. The normalized spacial score (nSPS) is 20.1. The molecule has 2 saturated heterocycles. The molecule has 1 N–H and O–H groups in total. The van der Waals surface area contributed by atoms with Gasteiger partial charge in [0, 0.05) is 23.4 Å². The number of imidazole rings is 1. The molecule has 6 nitrogen and oxygen atoms in total. The van der Waals surface area contributed by atoms with Gasteiger partial charge in [-0.25, -0.2) is 18.2 Å². The fourth-order valence-corrected chi connectivity index (χ4v) is 5.06. The summed E-state index contributed by atoms with van der Waals surface area (Å²) in [5.74, 6) is -3.51. The summed E-state index contributed by atoms with van der Waals surface area (Å²) in [5, 5.41) is 0. The number of aryl methyl sites for hydroxylation is 1. The van der Waals surface area contributed by atoms with Crippen LogP contribution in [0, 0.1) is 24.4 Å². The van der Waals surface area contributed by atoms with E-state index in [0.717, 1.165) is 29.4 Å². The van der Waals surface area contributed by atoms with E-state index in [1.165, 1.54) is 6.07 Å². The zero-order chi connectivity index (χ0) is 24.0. The van der Waals surface area contributed by atoms with Crippen LogP contribution < -0.4 is 23.6 Å². The van der Waals surface area contributed by atoms with E-state index >= 15 is 0 Å². The maximum atomic E-state index is 14.5. The molecule has 0 bridgehead atoms. The van der Waals surface area contributed by atoms with E-state index in [1.807, 2.05) is 42.0 Å². The zero-order valence-electron chi connectivity index (χ0n) is 20.3. The van der Waals surface area contributed by atoms with Gasteiger partial charge in [0.1, 0.15) is 5.75 Å². The van der Waals surface area contributed by atoms with Gasteiger partial charge in [-0.1, -0.05) is 12.1 Å². The average molecular weight is 491 g/mol. The molecule has 2 aromatic carbocycles. The van der Waals surface area contributed by atoms with Gasteiger partial charge < -0.3 is 19.7 Å². The fourth-order valence-electron chi connectivity index (χ4n) is 5.06. The van der Waals surface area contributed by atoms with Gasteiger partial charge in [0.05, 0.1) is 30.9 Å². The number of halogens is 3. The monoisotopic (exact) mass is 491 g/mol. The SMILES string of the molecule is COc1cc(C=C2CC[C@H]3CC[C@@H](c4ccc(F)c(F)c4F)N3C2=O)ccc1-n1cnc(C)c1.[Li+].[OH-]. The largest absolute Gasteiger partial charge is 1.00 e. The maximum Gasteiger partial charge on any atom is 1.00 e. The Morgan fingerprint density at radius 1 is 1.08 bits per heavy atom. The van der Waals surface area contributed by atoms with Crippen LogP contribution in [0.15, 0.2) is 48.4 Å². The van der Waals surface area contributed by atoms with Crippen LogP contribution in [0.4, 0.5) is 13.2 Å². The second kappa shape index (κ2) is 11.0. The van der Waals surface area contributed by atoms with E-state index in [2.05, 4.69) is 4.98 Å².